The van der Waals surface area contributed by atoms with E-state index in [-0.39, 0.29) is 11.9 Å². The van der Waals surface area contributed by atoms with Crippen molar-refractivity contribution in [1.82, 2.24) is 19.7 Å². The summed E-state index contributed by atoms with van der Waals surface area (Å²) in [5.74, 6) is 0.0497. The summed E-state index contributed by atoms with van der Waals surface area (Å²) in [7, 11) is 1.84. The molecule has 1 aliphatic heterocycles. The largest absolute Gasteiger partial charge is 0.334 e. The van der Waals surface area contributed by atoms with Crippen LogP contribution in [-0.4, -0.2) is 44.7 Å². The quantitative estimate of drug-likeness (QED) is 0.901. The summed E-state index contributed by atoms with van der Waals surface area (Å²) in [6.07, 6.45) is 4.89. The van der Waals surface area contributed by atoms with Crippen LogP contribution in [0.3, 0.4) is 0 Å². The Balaban J connectivity index is 2.04. The van der Waals surface area contributed by atoms with E-state index in [1.54, 1.807) is 10.9 Å². The second-order valence-electron chi connectivity index (χ2n) is 5.70. The summed E-state index contributed by atoms with van der Waals surface area (Å²) in [4.78, 5) is 19.3. The number of rotatable bonds is 2. The molecule has 1 amide bonds. The first-order valence-corrected chi connectivity index (χ1v) is 7.42. The molecule has 0 bridgehead atoms. The highest BCUT2D eigenvalue weighted by molar-refractivity contribution is 6.05. The van der Waals surface area contributed by atoms with Crippen LogP contribution in [0.1, 0.15) is 35.3 Å². The SMILES string of the molecule is Cc1cc(C(=O)N2CCCC[C@@H]2CN)c2cnn(C)c2n1. The number of hydrogen-bond acceptors (Lipinski definition) is 4. The molecule has 2 aromatic heterocycles. The lowest BCUT2D eigenvalue weighted by Crippen LogP contribution is -2.47. The van der Waals surface area contributed by atoms with Crippen LogP contribution in [0.25, 0.3) is 11.0 Å². The summed E-state index contributed by atoms with van der Waals surface area (Å²) < 4.78 is 1.70. The zero-order chi connectivity index (χ0) is 15.0. The van der Waals surface area contributed by atoms with Crippen LogP contribution in [0.5, 0.6) is 0 Å². The number of aromatic nitrogens is 3. The molecule has 21 heavy (non-hydrogen) atoms. The predicted octanol–water partition coefficient (Wildman–Crippen LogP) is 1.23. The molecule has 112 valence electrons. The van der Waals surface area contributed by atoms with Crippen molar-refractivity contribution in [3.8, 4) is 0 Å². The van der Waals surface area contributed by atoms with Gasteiger partial charge in [0, 0.05) is 31.9 Å². The number of piperidine rings is 1. The van der Waals surface area contributed by atoms with E-state index in [0.717, 1.165) is 42.5 Å². The van der Waals surface area contributed by atoms with Gasteiger partial charge in [-0.3, -0.25) is 9.48 Å². The molecule has 2 N–H and O–H groups in total. The van der Waals surface area contributed by atoms with Gasteiger partial charge in [0.2, 0.25) is 0 Å². The molecule has 2 aromatic rings. The molecule has 0 radical (unpaired) electrons. The third-order valence-electron chi connectivity index (χ3n) is 4.22. The minimum atomic E-state index is 0.0497. The van der Waals surface area contributed by atoms with E-state index in [1.807, 2.05) is 24.9 Å². The van der Waals surface area contributed by atoms with Crippen molar-refractivity contribution >= 4 is 16.9 Å². The summed E-state index contributed by atoms with van der Waals surface area (Å²) >= 11 is 0. The van der Waals surface area contributed by atoms with Gasteiger partial charge in [-0.1, -0.05) is 0 Å². The standard InChI is InChI=1S/C15H21N5O/c1-10-7-12(13-9-17-19(2)14(13)18-10)15(21)20-6-4-3-5-11(20)8-16/h7,9,11H,3-6,8,16H2,1-2H3/t11-/m1/s1. The zero-order valence-corrected chi connectivity index (χ0v) is 12.5. The molecular weight excluding hydrogens is 266 g/mol. The molecule has 1 aliphatic rings. The fourth-order valence-corrected chi connectivity index (χ4v) is 3.08. The van der Waals surface area contributed by atoms with Crippen molar-refractivity contribution < 1.29 is 4.79 Å². The number of aryl methyl sites for hydroxylation is 2. The Morgan fingerprint density at radius 3 is 3.05 bits per heavy atom. The predicted molar refractivity (Wildman–Crippen MR) is 81.0 cm³/mol. The number of hydrogen-bond donors (Lipinski definition) is 1. The molecule has 6 heteroatoms. The third-order valence-corrected chi connectivity index (χ3v) is 4.22. The van der Waals surface area contributed by atoms with Gasteiger partial charge in [-0.15, -0.1) is 0 Å². The fourth-order valence-electron chi connectivity index (χ4n) is 3.08. The highest BCUT2D eigenvalue weighted by Crippen LogP contribution is 2.23. The average Bonchev–Trinajstić information content (AvgIpc) is 2.87. The van der Waals surface area contributed by atoms with Crippen molar-refractivity contribution in [3.05, 3.63) is 23.5 Å². The Kier molecular flexibility index (Phi) is 3.63. The molecule has 1 atom stereocenters. The smallest absolute Gasteiger partial charge is 0.255 e. The van der Waals surface area contributed by atoms with Gasteiger partial charge in [0.15, 0.2) is 5.65 Å². The molecular formula is C15H21N5O. The van der Waals surface area contributed by atoms with Crippen LogP contribution in [-0.2, 0) is 7.05 Å². The van der Waals surface area contributed by atoms with Crippen molar-refractivity contribution in [2.75, 3.05) is 13.1 Å². The van der Waals surface area contributed by atoms with Crippen molar-refractivity contribution in [3.63, 3.8) is 0 Å². The normalized spacial score (nSPS) is 19.2. The lowest BCUT2D eigenvalue weighted by atomic mass is 10.0. The molecule has 0 spiro atoms. The van der Waals surface area contributed by atoms with Crippen LogP contribution in [0.15, 0.2) is 12.3 Å². The number of nitrogens with two attached hydrogens (primary N) is 1. The summed E-state index contributed by atoms with van der Waals surface area (Å²) in [5.41, 5.74) is 8.10. The van der Waals surface area contributed by atoms with Crippen molar-refractivity contribution in [2.45, 2.75) is 32.2 Å². The van der Waals surface area contributed by atoms with Crippen molar-refractivity contribution in [1.29, 1.82) is 0 Å². The van der Waals surface area contributed by atoms with E-state index < -0.39 is 0 Å². The first-order chi connectivity index (χ1) is 10.1. The highest BCUT2D eigenvalue weighted by Gasteiger charge is 2.28. The van der Waals surface area contributed by atoms with Gasteiger partial charge in [0.25, 0.3) is 5.91 Å². The molecule has 0 unspecified atom stereocenters. The number of pyridine rings is 1. The van der Waals surface area contributed by atoms with Gasteiger partial charge < -0.3 is 10.6 Å². The molecule has 1 fully saturated rings. The lowest BCUT2D eigenvalue weighted by molar-refractivity contribution is 0.0625. The summed E-state index contributed by atoms with van der Waals surface area (Å²) in [5, 5.41) is 5.04. The molecule has 1 saturated heterocycles. The highest BCUT2D eigenvalue weighted by atomic mass is 16.2. The molecule has 3 rings (SSSR count). The molecule has 0 aromatic carbocycles. The fraction of sp³-hybridized carbons (Fsp3) is 0.533. The molecule has 6 nitrogen and oxygen atoms in total. The van der Waals surface area contributed by atoms with Gasteiger partial charge in [-0.25, -0.2) is 4.98 Å². The third kappa shape index (κ3) is 2.40. The number of likely N-dealkylation sites (tertiary alicyclic amines) is 1. The molecule has 3 heterocycles. The van der Waals surface area contributed by atoms with Crippen LogP contribution < -0.4 is 5.73 Å². The van der Waals surface area contributed by atoms with Gasteiger partial charge in [-0.05, 0) is 32.3 Å². The van der Waals surface area contributed by atoms with Gasteiger partial charge in [0.1, 0.15) is 0 Å². The van der Waals surface area contributed by atoms with Crippen molar-refractivity contribution in [2.24, 2.45) is 12.8 Å². The van der Waals surface area contributed by atoms with Gasteiger partial charge in [-0.2, -0.15) is 5.10 Å². The Morgan fingerprint density at radius 1 is 1.48 bits per heavy atom. The minimum absolute atomic E-state index is 0.0497. The van der Waals surface area contributed by atoms with E-state index in [9.17, 15) is 4.79 Å². The number of carbonyl (C=O) groups is 1. The zero-order valence-electron chi connectivity index (χ0n) is 12.5. The maximum absolute atomic E-state index is 13.0. The van der Waals surface area contributed by atoms with E-state index in [2.05, 4.69) is 10.1 Å². The number of amides is 1. The lowest BCUT2D eigenvalue weighted by Gasteiger charge is -2.35. The van der Waals surface area contributed by atoms with Gasteiger partial charge in [0.05, 0.1) is 17.1 Å². The first kappa shape index (κ1) is 14.0. The van der Waals surface area contributed by atoms with Crippen LogP contribution in [0.2, 0.25) is 0 Å². The average molecular weight is 287 g/mol. The topological polar surface area (TPSA) is 77.0 Å². The number of carbonyl (C=O) groups excluding carboxylic acids is 1. The maximum Gasteiger partial charge on any atom is 0.255 e. The molecule has 0 saturated carbocycles. The summed E-state index contributed by atoms with van der Waals surface area (Å²) in [6.45, 7) is 3.20. The minimum Gasteiger partial charge on any atom is -0.334 e. The Hall–Kier alpha value is -1.95. The van der Waals surface area contributed by atoms with Crippen LogP contribution >= 0.6 is 0 Å². The van der Waals surface area contributed by atoms with E-state index in [4.69, 9.17) is 5.73 Å². The monoisotopic (exact) mass is 287 g/mol. The number of fused-ring (bicyclic) bond motifs is 1. The summed E-state index contributed by atoms with van der Waals surface area (Å²) in [6, 6.07) is 2.00. The Morgan fingerprint density at radius 2 is 2.29 bits per heavy atom. The van der Waals surface area contributed by atoms with E-state index in [0.29, 0.717) is 12.1 Å². The Bertz CT molecular complexity index is 678. The first-order valence-electron chi connectivity index (χ1n) is 7.42. The number of nitrogens with zero attached hydrogens (tertiary/aromatic N) is 4. The van der Waals surface area contributed by atoms with Crippen LogP contribution in [0, 0.1) is 6.92 Å². The Labute approximate surface area is 123 Å². The molecule has 0 aliphatic carbocycles. The second kappa shape index (κ2) is 5.44. The van der Waals surface area contributed by atoms with Gasteiger partial charge >= 0.3 is 0 Å². The van der Waals surface area contributed by atoms with Crippen LogP contribution in [0.4, 0.5) is 0 Å². The van der Waals surface area contributed by atoms with E-state index >= 15 is 0 Å². The maximum atomic E-state index is 13.0. The second-order valence-corrected chi connectivity index (χ2v) is 5.70. The van der Waals surface area contributed by atoms with E-state index in [1.165, 1.54) is 0 Å².